The number of unbranched alkanes of at least 4 members (excludes halogenated alkanes) is 1. The third-order valence-corrected chi connectivity index (χ3v) is 4.63. The maximum atomic E-state index is 12.0. The molecule has 1 amide bonds. The van der Waals surface area contributed by atoms with E-state index in [2.05, 4.69) is 4.99 Å². The van der Waals surface area contributed by atoms with Crippen LogP contribution in [-0.4, -0.2) is 37.3 Å². The van der Waals surface area contributed by atoms with Gasteiger partial charge in [-0.3, -0.25) is 4.79 Å². The zero-order valence-corrected chi connectivity index (χ0v) is 15.0. The molecule has 0 saturated heterocycles. The van der Waals surface area contributed by atoms with E-state index in [1.807, 2.05) is 17.6 Å². The van der Waals surface area contributed by atoms with E-state index < -0.39 is 0 Å². The number of methoxy groups -OCH3 is 2. The second-order valence-electron chi connectivity index (χ2n) is 5.31. The molecule has 0 aliphatic carbocycles. The Hall–Kier alpha value is -1.99. The number of carbonyl (C=O) groups is 2. The highest BCUT2D eigenvalue weighted by molar-refractivity contribution is 7.16. The number of amides is 1. The normalized spacial score (nSPS) is 11.9. The second kappa shape index (κ2) is 8.75. The molecule has 0 fully saturated rings. The molecule has 1 aromatic carbocycles. The van der Waals surface area contributed by atoms with E-state index in [-0.39, 0.29) is 11.9 Å². The summed E-state index contributed by atoms with van der Waals surface area (Å²) < 4.78 is 12.7. The van der Waals surface area contributed by atoms with Gasteiger partial charge in [-0.25, -0.2) is 4.79 Å². The lowest BCUT2D eigenvalue weighted by Crippen LogP contribution is -2.19. The molecule has 1 heterocycles. The molecule has 0 unspecified atom stereocenters. The van der Waals surface area contributed by atoms with Crippen LogP contribution < -0.4 is 4.80 Å². The average Bonchev–Trinajstić information content (AvgIpc) is 2.93. The van der Waals surface area contributed by atoms with Gasteiger partial charge in [0.05, 0.1) is 29.5 Å². The van der Waals surface area contributed by atoms with Crippen molar-refractivity contribution in [1.82, 2.24) is 4.57 Å². The molecule has 0 atom stereocenters. The fourth-order valence-electron chi connectivity index (χ4n) is 2.29. The standard InChI is InChI=1S/C17H22N2O4S/c1-4-5-6-15(20)18-17-19(9-10-22-2)13-8-7-12(16(21)23-3)11-14(13)24-17/h7-8,11H,4-6,9-10H2,1-3H3. The minimum Gasteiger partial charge on any atom is -0.465 e. The molecule has 0 saturated carbocycles. The van der Waals surface area contributed by atoms with Crippen LogP contribution in [0.3, 0.4) is 0 Å². The lowest BCUT2D eigenvalue weighted by Gasteiger charge is -2.05. The smallest absolute Gasteiger partial charge is 0.337 e. The summed E-state index contributed by atoms with van der Waals surface area (Å²) >= 11 is 1.39. The molecule has 0 radical (unpaired) electrons. The van der Waals surface area contributed by atoms with E-state index in [9.17, 15) is 9.59 Å². The molecule has 1 aromatic heterocycles. The number of hydrogen-bond donors (Lipinski definition) is 0. The Morgan fingerprint density at radius 3 is 2.75 bits per heavy atom. The monoisotopic (exact) mass is 350 g/mol. The molecule has 0 N–H and O–H groups in total. The Labute approximate surface area is 144 Å². The predicted octanol–water partition coefficient (Wildman–Crippen LogP) is 2.75. The first-order chi connectivity index (χ1) is 11.6. The van der Waals surface area contributed by atoms with Crippen molar-refractivity contribution in [2.45, 2.75) is 32.7 Å². The van der Waals surface area contributed by atoms with Crippen LogP contribution in [0.15, 0.2) is 23.2 Å². The minimum atomic E-state index is -0.383. The van der Waals surface area contributed by atoms with Gasteiger partial charge in [-0.05, 0) is 24.6 Å². The third-order valence-electron chi connectivity index (χ3n) is 3.59. The summed E-state index contributed by atoms with van der Waals surface area (Å²) in [5, 5.41) is 0. The van der Waals surface area contributed by atoms with Gasteiger partial charge < -0.3 is 14.0 Å². The summed E-state index contributed by atoms with van der Waals surface area (Å²) in [5.41, 5.74) is 1.40. The Morgan fingerprint density at radius 2 is 2.08 bits per heavy atom. The first kappa shape index (κ1) is 18.4. The lowest BCUT2D eigenvalue weighted by atomic mass is 10.2. The summed E-state index contributed by atoms with van der Waals surface area (Å²) in [7, 11) is 2.99. The molecule has 7 heteroatoms. The zero-order valence-electron chi connectivity index (χ0n) is 14.2. The molecule has 0 aliphatic rings. The van der Waals surface area contributed by atoms with Gasteiger partial charge in [0.1, 0.15) is 0 Å². The second-order valence-corrected chi connectivity index (χ2v) is 6.32. The summed E-state index contributed by atoms with van der Waals surface area (Å²) in [4.78, 5) is 28.6. The molecular formula is C17H22N2O4S. The van der Waals surface area contributed by atoms with E-state index in [0.29, 0.717) is 29.9 Å². The van der Waals surface area contributed by atoms with Gasteiger partial charge in [-0.1, -0.05) is 24.7 Å². The van der Waals surface area contributed by atoms with Gasteiger partial charge in [0, 0.05) is 20.1 Å². The fraction of sp³-hybridized carbons (Fsp3) is 0.471. The highest BCUT2D eigenvalue weighted by Crippen LogP contribution is 2.20. The van der Waals surface area contributed by atoms with Crippen LogP contribution in [-0.2, 0) is 20.8 Å². The molecule has 130 valence electrons. The van der Waals surface area contributed by atoms with Gasteiger partial charge in [0.25, 0.3) is 0 Å². The van der Waals surface area contributed by atoms with Gasteiger partial charge in [-0.15, -0.1) is 0 Å². The first-order valence-electron chi connectivity index (χ1n) is 7.89. The molecular weight excluding hydrogens is 328 g/mol. The number of esters is 1. The number of thiazole rings is 1. The van der Waals surface area contributed by atoms with Crippen LogP contribution in [0, 0.1) is 0 Å². The zero-order chi connectivity index (χ0) is 17.5. The largest absolute Gasteiger partial charge is 0.465 e. The van der Waals surface area contributed by atoms with Crippen LogP contribution in [0.1, 0.15) is 36.5 Å². The number of ether oxygens (including phenoxy) is 2. The Kier molecular flexibility index (Phi) is 6.69. The van der Waals surface area contributed by atoms with Crippen LogP contribution in [0.4, 0.5) is 0 Å². The maximum absolute atomic E-state index is 12.0. The number of nitrogens with zero attached hydrogens (tertiary/aromatic N) is 2. The van der Waals surface area contributed by atoms with E-state index in [1.165, 1.54) is 18.4 Å². The Morgan fingerprint density at radius 1 is 1.29 bits per heavy atom. The SMILES string of the molecule is CCCCC(=O)N=c1sc2cc(C(=O)OC)ccc2n1CCOC. The van der Waals surface area contributed by atoms with Crippen LogP contribution in [0.2, 0.25) is 0 Å². The van der Waals surface area contributed by atoms with Crippen molar-refractivity contribution >= 4 is 33.4 Å². The van der Waals surface area contributed by atoms with Crippen LogP contribution in [0.5, 0.6) is 0 Å². The highest BCUT2D eigenvalue weighted by Gasteiger charge is 2.12. The molecule has 2 aromatic rings. The quantitative estimate of drug-likeness (QED) is 0.720. The van der Waals surface area contributed by atoms with E-state index >= 15 is 0 Å². The predicted molar refractivity (Wildman–Crippen MR) is 93.1 cm³/mol. The van der Waals surface area contributed by atoms with Crippen LogP contribution in [0.25, 0.3) is 10.2 Å². The number of carbonyl (C=O) groups excluding carboxylic acids is 2. The van der Waals surface area contributed by atoms with Crippen molar-refractivity contribution in [2.24, 2.45) is 4.99 Å². The number of aromatic nitrogens is 1. The van der Waals surface area contributed by atoms with Crippen molar-refractivity contribution in [3.8, 4) is 0 Å². The van der Waals surface area contributed by atoms with Gasteiger partial charge in [0.15, 0.2) is 4.80 Å². The summed E-state index contributed by atoms with van der Waals surface area (Å²) in [5.74, 6) is -0.506. The van der Waals surface area contributed by atoms with Gasteiger partial charge in [-0.2, -0.15) is 4.99 Å². The third kappa shape index (κ3) is 4.30. The number of hydrogen-bond acceptors (Lipinski definition) is 5. The molecule has 0 aliphatic heterocycles. The Balaban J connectivity index is 2.49. The molecule has 24 heavy (non-hydrogen) atoms. The van der Waals surface area contributed by atoms with Crippen molar-refractivity contribution in [3.05, 3.63) is 28.6 Å². The van der Waals surface area contributed by atoms with E-state index in [1.54, 1.807) is 19.2 Å². The maximum Gasteiger partial charge on any atom is 0.337 e. The minimum absolute atomic E-state index is 0.122. The summed E-state index contributed by atoms with van der Waals surface area (Å²) in [6.07, 6.45) is 2.24. The van der Waals surface area contributed by atoms with Gasteiger partial charge in [0.2, 0.25) is 5.91 Å². The number of rotatable bonds is 7. The van der Waals surface area contributed by atoms with Crippen molar-refractivity contribution in [2.75, 3.05) is 20.8 Å². The summed E-state index contributed by atoms with van der Waals surface area (Å²) in [6, 6.07) is 5.33. The number of benzene rings is 1. The molecule has 0 bridgehead atoms. The van der Waals surface area contributed by atoms with Crippen molar-refractivity contribution < 1.29 is 19.1 Å². The number of fused-ring (bicyclic) bond motifs is 1. The van der Waals surface area contributed by atoms with E-state index in [0.717, 1.165) is 23.1 Å². The molecule has 6 nitrogen and oxygen atoms in total. The first-order valence-corrected chi connectivity index (χ1v) is 8.70. The van der Waals surface area contributed by atoms with Crippen molar-refractivity contribution in [1.29, 1.82) is 0 Å². The summed E-state index contributed by atoms with van der Waals surface area (Å²) in [6.45, 7) is 3.15. The topological polar surface area (TPSA) is 69.9 Å². The molecule has 0 spiro atoms. The van der Waals surface area contributed by atoms with Crippen LogP contribution >= 0.6 is 11.3 Å². The lowest BCUT2D eigenvalue weighted by molar-refractivity contribution is -0.118. The Bertz CT molecular complexity index is 791. The average molecular weight is 350 g/mol. The van der Waals surface area contributed by atoms with Crippen molar-refractivity contribution in [3.63, 3.8) is 0 Å². The highest BCUT2D eigenvalue weighted by atomic mass is 32.1. The fourth-order valence-corrected chi connectivity index (χ4v) is 3.41. The van der Waals surface area contributed by atoms with E-state index in [4.69, 9.17) is 9.47 Å². The molecule has 2 rings (SSSR count). The van der Waals surface area contributed by atoms with Gasteiger partial charge >= 0.3 is 5.97 Å².